The van der Waals surface area contributed by atoms with Gasteiger partial charge in [-0.15, -0.1) is 11.3 Å². The van der Waals surface area contributed by atoms with Crippen LogP contribution < -0.4 is 5.32 Å². The molecule has 1 amide bonds. The molecule has 1 heterocycles. The Hall–Kier alpha value is -1.61. The number of hydrogen-bond donors (Lipinski definition) is 1. The minimum absolute atomic E-state index is 0.0124. The first-order valence-corrected chi connectivity index (χ1v) is 8.43. The number of thiophene rings is 1. The molecule has 0 fully saturated rings. The number of rotatable bonds is 5. The largest absolute Gasteiger partial charge is 0.321 e. The van der Waals surface area contributed by atoms with Gasteiger partial charge in [-0.2, -0.15) is 0 Å². The van der Waals surface area contributed by atoms with Gasteiger partial charge in [-0.05, 0) is 48.9 Å². The number of aryl methyl sites for hydroxylation is 4. The maximum atomic E-state index is 12.5. The first-order chi connectivity index (χ1) is 10.1. The summed E-state index contributed by atoms with van der Waals surface area (Å²) in [6.45, 7) is 8.44. The van der Waals surface area contributed by atoms with Crippen LogP contribution in [-0.4, -0.2) is 5.91 Å². The summed E-state index contributed by atoms with van der Waals surface area (Å²) in [5, 5.41) is 3.13. The second kappa shape index (κ2) is 6.90. The van der Waals surface area contributed by atoms with Gasteiger partial charge >= 0.3 is 0 Å². The molecule has 0 unspecified atom stereocenters. The van der Waals surface area contributed by atoms with Crippen molar-refractivity contribution in [3.05, 3.63) is 50.7 Å². The van der Waals surface area contributed by atoms with E-state index in [9.17, 15) is 4.79 Å². The molecule has 1 aromatic heterocycles. The number of nitrogens with one attached hydrogen (secondary N) is 1. The Morgan fingerprint density at radius 3 is 2.19 bits per heavy atom. The lowest BCUT2D eigenvalue weighted by Gasteiger charge is -2.13. The minimum atomic E-state index is 0.0124. The van der Waals surface area contributed by atoms with Crippen molar-refractivity contribution in [1.82, 2.24) is 0 Å². The van der Waals surface area contributed by atoms with Gasteiger partial charge < -0.3 is 5.32 Å². The molecule has 2 aromatic rings. The summed E-state index contributed by atoms with van der Waals surface area (Å²) >= 11 is 1.60. The van der Waals surface area contributed by atoms with Crippen molar-refractivity contribution in [2.45, 2.75) is 47.0 Å². The molecule has 2 rings (SSSR count). The molecule has 0 aliphatic heterocycles. The fourth-order valence-corrected chi connectivity index (χ4v) is 3.57. The van der Waals surface area contributed by atoms with Gasteiger partial charge in [0.2, 0.25) is 0 Å². The van der Waals surface area contributed by atoms with Gasteiger partial charge in [0.15, 0.2) is 0 Å². The summed E-state index contributed by atoms with van der Waals surface area (Å²) in [5.41, 5.74) is 4.61. The topological polar surface area (TPSA) is 29.1 Å². The maximum absolute atomic E-state index is 12.5. The third kappa shape index (κ3) is 3.35. The molecular weight excluding hydrogens is 278 g/mol. The van der Waals surface area contributed by atoms with E-state index in [1.807, 2.05) is 6.07 Å². The van der Waals surface area contributed by atoms with Crippen molar-refractivity contribution >= 4 is 22.9 Å². The van der Waals surface area contributed by atoms with Crippen molar-refractivity contribution in [3.8, 4) is 0 Å². The van der Waals surface area contributed by atoms with Crippen LogP contribution in [-0.2, 0) is 19.3 Å². The summed E-state index contributed by atoms with van der Waals surface area (Å²) in [6, 6.07) is 8.24. The van der Waals surface area contributed by atoms with E-state index in [1.54, 1.807) is 11.3 Å². The highest BCUT2D eigenvalue weighted by atomic mass is 32.1. The molecule has 0 spiro atoms. The Bertz CT molecular complexity index is 620. The molecule has 0 bridgehead atoms. The lowest BCUT2D eigenvalue weighted by atomic mass is 10.0. The summed E-state index contributed by atoms with van der Waals surface area (Å²) in [7, 11) is 0. The second-order valence-electron chi connectivity index (χ2n) is 5.18. The number of para-hydroxylation sites is 1. The number of anilines is 1. The average molecular weight is 301 g/mol. The molecule has 1 aromatic carbocycles. The van der Waals surface area contributed by atoms with Crippen molar-refractivity contribution in [2.75, 3.05) is 5.32 Å². The van der Waals surface area contributed by atoms with Crippen molar-refractivity contribution in [2.24, 2.45) is 0 Å². The van der Waals surface area contributed by atoms with Crippen molar-refractivity contribution in [1.29, 1.82) is 0 Å². The van der Waals surface area contributed by atoms with E-state index in [0.717, 1.165) is 29.8 Å². The minimum Gasteiger partial charge on any atom is -0.321 e. The highest BCUT2D eigenvalue weighted by Crippen LogP contribution is 2.26. The smallest absolute Gasteiger partial charge is 0.265 e. The highest BCUT2D eigenvalue weighted by molar-refractivity contribution is 7.14. The van der Waals surface area contributed by atoms with Gasteiger partial charge in [-0.1, -0.05) is 39.0 Å². The Morgan fingerprint density at radius 2 is 1.71 bits per heavy atom. The number of carbonyl (C=O) groups excluding carboxylic acids is 1. The number of carbonyl (C=O) groups is 1. The maximum Gasteiger partial charge on any atom is 0.265 e. The summed E-state index contributed by atoms with van der Waals surface area (Å²) in [5.74, 6) is 0.0124. The predicted molar refractivity (Wildman–Crippen MR) is 91.6 cm³/mol. The van der Waals surface area contributed by atoms with Crippen LogP contribution in [0.3, 0.4) is 0 Å². The fraction of sp³-hybridized carbons (Fsp3) is 0.389. The molecule has 0 aliphatic rings. The van der Waals surface area contributed by atoms with Crippen LogP contribution in [0.25, 0.3) is 0 Å². The van der Waals surface area contributed by atoms with Crippen LogP contribution in [0.1, 0.15) is 52.0 Å². The highest BCUT2D eigenvalue weighted by Gasteiger charge is 2.15. The van der Waals surface area contributed by atoms with Crippen LogP contribution in [0.5, 0.6) is 0 Å². The Balaban J connectivity index is 2.30. The number of benzene rings is 1. The lowest BCUT2D eigenvalue weighted by molar-refractivity contribution is 0.103. The molecule has 0 radical (unpaired) electrons. The van der Waals surface area contributed by atoms with Gasteiger partial charge in [0.05, 0.1) is 4.88 Å². The van der Waals surface area contributed by atoms with Crippen LogP contribution in [0.4, 0.5) is 5.69 Å². The molecule has 0 saturated heterocycles. The van der Waals surface area contributed by atoms with Gasteiger partial charge in [0.25, 0.3) is 5.91 Å². The van der Waals surface area contributed by atoms with Crippen LogP contribution in [0.2, 0.25) is 0 Å². The molecular formula is C18H23NOS. The predicted octanol–water partition coefficient (Wildman–Crippen LogP) is 5.00. The monoisotopic (exact) mass is 301 g/mol. The standard InChI is InChI=1S/C18H23NOS/c1-5-13-9-8-10-14(6-2)17(13)19-18(20)16-11-12(4)15(7-3)21-16/h8-11H,5-7H2,1-4H3,(H,19,20). The Labute approximate surface area is 131 Å². The molecule has 112 valence electrons. The normalized spacial score (nSPS) is 10.7. The second-order valence-corrected chi connectivity index (χ2v) is 6.32. The van der Waals surface area contributed by atoms with Crippen LogP contribution in [0, 0.1) is 6.92 Å². The first-order valence-electron chi connectivity index (χ1n) is 7.62. The molecule has 1 N–H and O–H groups in total. The number of amides is 1. The van der Waals surface area contributed by atoms with Crippen molar-refractivity contribution < 1.29 is 4.79 Å². The van der Waals surface area contributed by atoms with E-state index in [4.69, 9.17) is 0 Å². The molecule has 0 aliphatic carbocycles. The van der Waals surface area contributed by atoms with E-state index in [0.29, 0.717) is 0 Å². The molecule has 0 atom stereocenters. The van der Waals surface area contributed by atoms with E-state index in [2.05, 4.69) is 51.2 Å². The third-order valence-electron chi connectivity index (χ3n) is 3.80. The van der Waals surface area contributed by atoms with Gasteiger partial charge in [-0.3, -0.25) is 4.79 Å². The molecule has 21 heavy (non-hydrogen) atoms. The Kier molecular flexibility index (Phi) is 5.18. The zero-order chi connectivity index (χ0) is 15.4. The molecule has 3 heteroatoms. The number of hydrogen-bond acceptors (Lipinski definition) is 2. The van der Waals surface area contributed by atoms with Crippen molar-refractivity contribution in [3.63, 3.8) is 0 Å². The van der Waals surface area contributed by atoms with Gasteiger partial charge in [0, 0.05) is 10.6 Å². The summed E-state index contributed by atoms with van der Waals surface area (Å²) in [6.07, 6.45) is 2.83. The third-order valence-corrected chi connectivity index (χ3v) is 5.18. The van der Waals surface area contributed by atoms with E-state index in [-0.39, 0.29) is 5.91 Å². The zero-order valence-electron chi connectivity index (χ0n) is 13.2. The van der Waals surface area contributed by atoms with Gasteiger partial charge in [0.1, 0.15) is 0 Å². The Morgan fingerprint density at radius 1 is 1.10 bits per heavy atom. The first kappa shape index (κ1) is 15.8. The zero-order valence-corrected chi connectivity index (χ0v) is 14.1. The fourth-order valence-electron chi connectivity index (χ4n) is 2.56. The van der Waals surface area contributed by atoms with E-state index < -0.39 is 0 Å². The van der Waals surface area contributed by atoms with Crippen LogP contribution in [0.15, 0.2) is 24.3 Å². The van der Waals surface area contributed by atoms with E-state index in [1.165, 1.54) is 21.6 Å². The molecule has 2 nitrogen and oxygen atoms in total. The SMILES string of the molecule is CCc1cccc(CC)c1NC(=O)c1cc(C)c(CC)s1. The molecule has 0 saturated carbocycles. The van der Waals surface area contributed by atoms with Gasteiger partial charge in [-0.25, -0.2) is 0 Å². The van der Waals surface area contributed by atoms with E-state index >= 15 is 0 Å². The lowest BCUT2D eigenvalue weighted by Crippen LogP contribution is -2.13. The average Bonchev–Trinajstić information content (AvgIpc) is 2.88. The summed E-state index contributed by atoms with van der Waals surface area (Å²) < 4.78 is 0. The van der Waals surface area contributed by atoms with Crippen LogP contribution >= 0.6 is 11.3 Å². The summed E-state index contributed by atoms with van der Waals surface area (Å²) in [4.78, 5) is 14.6. The quantitative estimate of drug-likeness (QED) is 0.827.